The second-order valence-corrected chi connectivity index (χ2v) is 7.31. The van der Waals surface area contributed by atoms with E-state index < -0.39 is 11.7 Å². The van der Waals surface area contributed by atoms with Crippen LogP contribution in [0.5, 0.6) is 11.6 Å². The number of rotatable bonds is 4. The number of aromatic nitrogens is 3. The first-order valence-corrected chi connectivity index (χ1v) is 9.92. The van der Waals surface area contributed by atoms with Crippen LogP contribution in [0.4, 0.5) is 19.0 Å². The van der Waals surface area contributed by atoms with Crippen molar-refractivity contribution in [2.45, 2.75) is 25.9 Å². The first-order valence-electron chi connectivity index (χ1n) is 9.92. The number of hydrogen-bond donors (Lipinski definition) is 0. The average molecular weight is 426 g/mol. The highest BCUT2D eigenvalue weighted by atomic mass is 19.4. The molecule has 0 unspecified atom stereocenters. The van der Waals surface area contributed by atoms with E-state index in [2.05, 4.69) is 25.9 Å². The van der Waals surface area contributed by atoms with Crippen LogP contribution in [-0.2, 0) is 6.18 Å². The molecule has 31 heavy (non-hydrogen) atoms. The van der Waals surface area contributed by atoms with Gasteiger partial charge in [0.25, 0.3) is 0 Å². The van der Waals surface area contributed by atoms with Gasteiger partial charge < -0.3 is 9.64 Å². The normalized spacial score (nSPS) is 14.5. The fourth-order valence-corrected chi connectivity index (χ4v) is 3.49. The van der Waals surface area contributed by atoms with E-state index in [-0.39, 0.29) is 5.88 Å². The smallest absolute Gasteiger partial charge is 0.417 e. The number of alkyl halides is 3. The zero-order chi connectivity index (χ0) is 21.8. The van der Waals surface area contributed by atoms with Crippen LogP contribution in [-0.4, -0.2) is 28.0 Å². The summed E-state index contributed by atoms with van der Waals surface area (Å²) in [6.07, 6.45) is 3.73. The van der Waals surface area contributed by atoms with Crippen molar-refractivity contribution in [1.82, 2.24) is 15.0 Å². The summed E-state index contributed by atoms with van der Waals surface area (Å²) >= 11 is 0. The molecule has 1 fully saturated rings. The molecule has 0 amide bonds. The Balaban J connectivity index is 1.41. The van der Waals surface area contributed by atoms with Crippen LogP contribution in [0.3, 0.4) is 0 Å². The fraction of sp³-hybridized carbons (Fsp3) is 0.261. The molecule has 0 N–H and O–H groups in total. The van der Waals surface area contributed by atoms with Crippen molar-refractivity contribution in [3.05, 3.63) is 77.4 Å². The molecule has 1 saturated heterocycles. The van der Waals surface area contributed by atoms with Crippen molar-refractivity contribution < 1.29 is 17.9 Å². The lowest BCUT2D eigenvalue weighted by atomic mass is 10.0. The number of pyridine rings is 1. The molecule has 160 valence electrons. The number of halogens is 3. The number of ether oxygens (including phenoxy) is 1. The SMILES string of the molecule is Cc1nccnc1N1CCC(=Cc2cccc(Oc3ccc(C(F)(F)F)cn3)c2)CC1. The topological polar surface area (TPSA) is 51.1 Å². The molecule has 1 aliphatic rings. The molecule has 5 nitrogen and oxygen atoms in total. The van der Waals surface area contributed by atoms with Crippen LogP contribution in [0.15, 0.2) is 60.6 Å². The lowest BCUT2D eigenvalue weighted by Gasteiger charge is -2.30. The summed E-state index contributed by atoms with van der Waals surface area (Å²) in [6.45, 7) is 3.71. The molecule has 1 aliphatic heterocycles. The monoisotopic (exact) mass is 426 g/mol. The zero-order valence-electron chi connectivity index (χ0n) is 16.9. The maximum absolute atomic E-state index is 12.7. The van der Waals surface area contributed by atoms with Crippen LogP contribution in [0.2, 0.25) is 0 Å². The van der Waals surface area contributed by atoms with Crippen molar-refractivity contribution in [2.75, 3.05) is 18.0 Å². The molecule has 0 aliphatic carbocycles. The van der Waals surface area contributed by atoms with Gasteiger partial charge in [0.05, 0.1) is 11.3 Å². The van der Waals surface area contributed by atoms with E-state index in [0.717, 1.165) is 55.3 Å². The molecule has 4 rings (SSSR count). The van der Waals surface area contributed by atoms with Crippen LogP contribution in [0.1, 0.15) is 29.7 Å². The van der Waals surface area contributed by atoms with Crippen LogP contribution in [0, 0.1) is 6.92 Å². The average Bonchev–Trinajstić information content (AvgIpc) is 2.75. The molecule has 0 radical (unpaired) electrons. The zero-order valence-corrected chi connectivity index (χ0v) is 16.9. The van der Waals surface area contributed by atoms with Gasteiger partial charge in [-0.1, -0.05) is 23.8 Å². The first kappa shape index (κ1) is 20.8. The number of benzene rings is 1. The second-order valence-electron chi connectivity index (χ2n) is 7.31. The van der Waals surface area contributed by atoms with Crippen molar-refractivity contribution in [3.63, 3.8) is 0 Å². The Hall–Kier alpha value is -3.42. The van der Waals surface area contributed by atoms with Crippen LogP contribution in [0.25, 0.3) is 6.08 Å². The maximum Gasteiger partial charge on any atom is 0.417 e. The maximum atomic E-state index is 12.7. The number of anilines is 1. The van der Waals surface area contributed by atoms with Gasteiger partial charge in [-0.15, -0.1) is 0 Å². The Morgan fingerprint density at radius 1 is 1.00 bits per heavy atom. The highest BCUT2D eigenvalue weighted by Gasteiger charge is 2.30. The predicted molar refractivity (Wildman–Crippen MR) is 112 cm³/mol. The first-order chi connectivity index (χ1) is 14.9. The highest BCUT2D eigenvalue weighted by Crippen LogP contribution is 2.30. The van der Waals surface area contributed by atoms with Gasteiger partial charge in [-0.25, -0.2) is 9.97 Å². The summed E-state index contributed by atoms with van der Waals surface area (Å²) in [6, 6.07) is 9.61. The molecule has 0 atom stereocenters. The predicted octanol–water partition coefficient (Wildman–Crippen LogP) is 5.67. The molecule has 3 heterocycles. The van der Waals surface area contributed by atoms with Crippen LogP contribution >= 0.6 is 0 Å². The molecular formula is C23H21F3N4O. The highest BCUT2D eigenvalue weighted by molar-refractivity contribution is 5.56. The van der Waals surface area contributed by atoms with Crippen molar-refractivity contribution in [1.29, 1.82) is 0 Å². The molecular weight excluding hydrogens is 405 g/mol. The summed E-state index contributed by atoms with van der Waals surface area (Å²) in [5, 5.41) is 0. The molecule has 0 bridgehead atoms. The Morgan fingerprint density at radius 2 is 1.77 bits per heavy atom. The van der Waals surface area contributed by atoms with E-state index in [1.165, 1.54) is 11.6 Å². The summed E-state index contributed by atoms with van der Waals surface area (Å²) < 4.78 is 43.6. The fourth-order valence-electron chi connectivity index (χ4n) is 3.49. The van der Waals surface area contributed by atoms with E-state index in [4.69, 9.17) is 4.74 Å². The van der Waals surface area contributed by atoms with E-state index in [1.807, 2.05) is 25.1 Å². The van der Waals surface area contributed by atoms with Gasteiger partial charge in [-0.3, -0.25) is 4.98 Å². The number of nitrogens with zero attached hydrogens (tertiary/aromatic N) is 4. The number of piperidine rings is 1. The van der Waals surface area contributed by atoms with E-state index in [9.17, 15) is 13.2 Å². The van der Waals surface area contributed by atoms with Crippen molar-refractivity contribution in [3.8, 4) is 11.6 Å². The lowest BCUT2D eigenvalue weighted by Crippen LogP contribution is -2.32. The van der Waals surface area contributed by atoms with Gasteiger partial charge in [0.1, 0.15) is 11.6 Å². The Morgan fingerprint density at radius 3 is 2.45 bits per heavy atom. The van der Waals surface area contributed by atoms with Gasteiger partial charge >= 0.3 is 6.18 Å². The van der Waals surface area contributed by atoms with Gasteiger partial charge in [0, 0.05) is 37.7 Å². The third kappa shape index (κ3) is 5.20. The van der Waals surface area contributed by atoms with Gasteiger partial charge in [0.15, 0.2) is 0 Å². The Kier molecular flexibility index (Phi) is 5.88. The van der Waals surface area contributed by atoms with E-state index in [1.54, 1.807) is 18.5 Å². The van der Waals surface area contributed by atoms with Crippen LogP contribution < -0.4 is 9.64 Å². The molecule has 0 spiro atoms. The number of aryl methyl sites for hydroxylation is 1. The molecule has 1 aromatic carbocycles. The summed E-state index contributed by atoms with van der Waals surface area (Å²) in [4.78, 5) is 14.8. The third-order valence-corrected chi connectivity index (χ3v) is 5.08. The molecule has 8 heteroatoms. The lowest BCUT2D eigenvalue weighted by molar-refractivity contribution is -0.137. The van der Waals surface area contributed by atoms with Crippen molar-refractivity contribution >= 4 is 11.9 Å². The Bertz CT molecular complexity index is 1070. The van der Waals surface area contributed by atoms with Gasteiger partial charge in [-0.05, 0) is 43.5 Å². The second kappa shape index (κ2) is 8.75. The summed E-state index contributed by atoms with van der Waals surface area (Å²) in [5.74, 6) is 1.57. The quantitative estimate of drug-likeness (QED) is 0.538. The number of hydrogen-bond acceptors (Lipinski definition) is 5. The largest absolute Gasteiger partial charge is 0.439 e. The van der Waals surface area contributed by atoms with Gasteiger partial charge in [0.2, 0.25) is 5.88 Å². The minimum absolute atomic E-state index is 0.116. The van der Waals surface area contributed by atoms with E-state index in [0.29, 0.717) is 5.75 Å². The summed E-state index contributed by atoms with van der Waals surface area (Å²) in [7, 11) is 0. The van der Waals surface area contributed by atoms with E-state index >= 15 is 0 Å². The molecule has 0 saturated carbocycles. The molecule has 2 aromatic heterocycles. The standard InChI is InChI=1S/C23H21F3N4O/c1-16-22(28-10-9-27-16)30-11-7-17(8-12-30)13-18-3-2-4-20(14-18)31-21-6-5-19(15-29-21)23(24,25)26/h2-6,9-10,13-15H,7-8,11-12H2,1H3. The van der Waals surface area contributed by atoms with Crippen molar-refractivity contribution in [2.24, 2.45) is 0 Å². The summed E-state index contributed by atoms with van der Waals surface area (Å²) in [5.41, 5.74) is 2.42. The van der Waals surface area contributed by atoms with Gasteiger partial charge in [-0.2, -0.15) is 13.2 Å². The minimum Gasteiger partial charge on any atom is -0.439 e. The minimum atomic E-state index is -4.42. The third-order valence-electron chi connectivity index (χ3n) is 5.08. The Labute approximate surface area is 178 Å². The molecule has 3 aromatic rings.